The van der Waals surface area contributed by atoms with Crippen molar-refractivity contribution in [2.24, 2.45) is 7.05 Å². The molecule has 0 saturated heterocycles. The summed E-state index contributed by atoms with van der Waals surface area (Å²) in [5.41, 5.74) is 2.90. The summed E-state index contributed by atoms with van der Waals surface area (Å²) >= 11 is 1.47. The van der Waals surface area contributed by atoms with E-state index in [1.807, 2.05) is 56.4 Å². The molecule has 0 spiro atoms. The second kappa shape index (κ2) is 7.21. The number of fused-ring (bicyclic) bond motifs is 1. The zero-order chi connectivity index (χ0) is 17.9. The molecule has 0 aliphatic rings. The minimum atomic E-state index is 0.460. The summed E-state index contributed by atoms with van der Waals surface area (Å²) < 4.78 is 13.5. The third-order valence-corrected chi connectivity index (χ3v) is 4.84. The van der Waals surface area contributed by atoms with Crippen LogP contribution < -0.4 is 4.74 Å². The second-order valence-corrected chi connectivity index (χ2v) is 6.59. The van der Waals surface area contributed by atoms with Crippen LogP contribution in [0.3, 0.4) is 0 Å². The van der Waals surface area contributed by atoms with Gasteiger partial charge in [-0.25, -0.2) is 4.98 Å². The van der Waals surface area contributed by atoms with Gasteiger partial charge in [0.1, 0.15) is 11.6 Å². The van der Waals surface area contributed by atoms with E-state index in [2.05, 4.69) is 25.8 Å². The summed E-state index contributed by atoms with van der Waals surface area (Å²) in [6.07, 6.45) is 0. The molecule has 0 fully saturated rings. The maximum absolute atomic E-state index is 5.82. The van der Waals surface area contributed by atoms with Crippen LogP contribution in [0.4, 0.5) is 0 Å². The summed E-state index contributed by atoms with van der Waals surface area (Å²) in [5, 5.41) is 8.82. The van der Waals surface area contributed by atoms with Crippen molar-refractivity contribution in [1.29, 1.82) is 0 Å². The number of imidazole rings is 1. The molecule has 0 aliphatic carbocycles. The highest BCUT2D eigenvalue weighted by Gasteiger charge is 2.15. The molecule has 7 heteroatoms. The molecule has 2 aromatic carbocycles. The Kier molecular flexibility index (Phi) is 4.62. The summed E-state index contributed by atoms with van der Waals surface area (Å²) in [7, 11) is 2.02. The van der Waals surface area contributed by atoms with E-state index in [-0.39, 0.29) is 0 Å². The van der Waals surface area contributed by atoms with Crippen LogP contribution in [0.15, 0.2) is 58.2 Å². The first-order valence-electron chi connectivity index (χ1n) is 8.35. The van der Waals surface area contributed by atoms with Gasteiger partial charge in [0, 0.05) is 7.05 Å². The third kappa shape index (κ3) is 3.17. The summed E-state index contributed by atoms with van der Waals surface area (Å²) in [5.74, 6) is 2.82. The lowest BCUT2D eigenvalue weighted by Gasteiger charge is -2.06. The zero-order valence-electron chi connectivity index (χ0n) is 14.5. The quantitative estimate of drug-likeness (QED) is 0.474. The van der Waals surface area contributed by atoms with Gasteiger partial charge < -0.3 is 13.7 Å². The molecule has 6 nitrogen and oxygen atoms in total. The monoisotopic (exact) mass is 366 g/mol. The molecule has 0 unspecified atom stereocenters. The number of aromatic nitrogens is 4. The highest BCUT2D eigenvalue weighted by Crippen LogP contribution is 2.31. The van der Waals surface area contributed by atoms with Crippen LogP contribution in [0, 0.1) is 0 Å². The lowest BCUT2D eigenvalue weighted by Crippen LogP contribution is -1.95. The van der Waals surface area contributed by atoms with E-state index in [0.717, 1.165) is 28.2 Å². The number of ether oxygens (including phenoxy) is 1. The molecule has 2 aromatic heterocycles. The number of nitrogens with zero attached hydrogens (tertiary/aromatic N) is 4. The van der Waals surface area contributed by atoms with Crippen molar-refractivity contribution < 1.29 is 9.15 Å². The predicted octanol–water partition coefficient (Wildman–Crippen LogP) is 4.31. The molecular weight excluding hydrogens is 348 g/mol. The van der Waals surface area contributed by atoms with Crippen molar-refractivity contribution in [3.05, 3.63) is 54.4 Å². The second-order valence-electron chi connectivity index (χ2n) is 5.67. The average Bonchev–Trinajstić information content (AvgIpc) is 3.26. The molecule has 0 saturated carbocycles. The van der Waals surface area contributed by atoms with Gasteiger partial charge in [-0.15, -0.1) is 10.2 Å². The van der Waals surface area contributed by atoms with Gasteiger partial charge in [0.15, 0.2) is 0 Å². The van der Waals surface area contributed by atoms with Gasteiger partial charge in [0.2, 0.25) is 0 Å². The summed E-state index contributed by atoms with van der Waals surface area (Å²) in [6.45, 7) is 2.53. The molecule has 2 heterocycles. The summed E-state index contributed by atoms with van der Waals surface area (Å²) in [4.78, 5) is 4.66. The lowest BCUT2D eigenvalue weighted by atomic mass is 10.2. The van der Waals surface area contributed by atoms with Gasteiger partial charge in [-0.05, 0) is 31.2 Å². The predicted molar refractivity (Wildman–Crippen MR) is 101 cm³/mol. The van der Waals surface area contributed by atoms with Crippen molar-refractivity contribution in [3.63, 3.8) is 0 Å². The molecule has 4 rings (SSSR count). The van der Waals surface area contributed by atoms with Gasteiger partial charge in [0.05, 0.1) is 29.0 Å². The van der Waals surface area contributed by atoms with Crippen LogP contribution >= 0.6 is 11.8 Å². The lowest BCUT2D eigenvalue weighted by molar-refractivity contribution is 0.340. The smallest absolute Gasteiger partial charge is 0.277 e. The van der Waals surface area contributed by atoms with Crippen molar-refractivity contribution in [2.45, 2.75) is 17.9 Å². The van der Waals surface area contributed by atoms with E-state index in [1.54, 1.807) is 0 Å². The van der Waals surface area contributed by atoms with Gasteiger partial charge in [-0.2, -0.15) is 0 Å². The maximum Gasteiger partial charge on any atom is 0.277 e. The third-order valence-electron chi connectivity index (χ3n) is 4.03. The van der Waals surface area contributed by atoms with Crippen LogP contribution in [0.2, 0.25) is 0 Å². The van der Waals surface area contributed by atoms with E-state index in [4.69, 9.17) is 9.15 Å². The molecule has 0 radical (unpaired) electrons. The van der Waals surface area contributed by atoms with Crippen molar-refractivity contribution in [1.82, 2.24) is 19.7 Å². The highest BCUT2D eigenvalue weighted by molar-refractivity contribution is 7.98. The fraction of sp³-hybridized carbons (Fsp3) is 0.211. The molecular formula is C19H18N4O2S. The van der Waals surface area contributed by atoms with E-state index >= 15 is 0 Å². The van der Waals surface area contributed by atoms with Crippen molar-refractivity contribution in [3.8, 4) is 17.2 Å². The Bertz CT molecular complexity index is 1040. The number of aryl methyl sites for hydroxylation is 1. The summed E-state index contributed by atoms with van der Waals surface area (Å²) in [6, 6.07) is 15.7. The minimum Gasteiger partial charge on any atom is -0.493 e. The van der Waals surface area contributed by atoms with E-state index in [1.165, 1.54) is 11.8 Å². The Morgan fingerprint density at radius 1 is 1.08 bits per heavy atom. The van der Waals surface area contributed by atoms with Crippen LogP contribution in [0.1, 0.15) is 12.7 Å². The zero-order valence-corrected chi connectivity index (χ0v) is 15.4. The molecule has 4 aromatic rings. The van der Waals surface area contributed by atoms with Gasteiger partial charge >= 0.3 is 0 Å². The van der Waals surface area contributed by atoms with E-state index < -0.39 is 0 Å². The van der Waals surface area contributed by atoms with Crippen LogP contribution in [0.5, 0.6) is 5.75 Å². The molecule has 0 amide bonds. The number of hydrogen-bond donors (Lipinski definition) is 0. The molecule has 132 valence electrons. The fourth-order valence-electron chi connectivity index (χ4n) is 2.75. The molecule has 26 heavy (non-hydrogen) atoms. The fourth-order valence-corrected chi connectivity index (χ4v) is 3.50. The van der Waals surface area contributed by atoms with Crippen molar-refractivity contribution >= 4 is 22.8 Å². The van der Waals surface area contributed by atoms with Gasteiger partial charge in [-0.3, -0.25) is 0 Å². The highest BCUT2D eigenvalue weighted by atomic mass is 32.2. The topological polar surface area (TPSA) is 66.0 Å². The number of rotatable bonds is 6. The molecule has 0 N–H and O–H groups in total. The number of thioether (sulfide) groups is 1. The Hall–Kier alpha value is -2.80. The average molecular weight is 366 g/mol. The molecule has 0 bridgehead atoms. The van der Waals surface area contributed by atoms with Crippen LogP contribution in [0.25, 0.3) is 22.5 Å². The standard InChI is InChI=1S/C19H18N4O2S/c1-3-24-16-11-7-4-8-13(16)18-21-22-19(25-18)26-12-17-20-14-9-5-6-10-15(14)23(17)2/h4-11H,3,12H2,1-2H3. The normalized spacial score (nSPS) is 11.2. The maximum atomic E-state index is 5.82. The number of benzene rings is 2. The van der Waals surface area contributed by atoms with E-state index in [9.17, 15) is 0 Å². The van der Waals surface area contributed by atoms with Gasteiger partial charge in [-0.1, -0.05) is 36.0 Å². The van der Waals surface area contributed by atoms with Crippen LogP contribution in [-0.4, -0.2) is 26.4 Å². The largest absolute Gasteiger partial charge is 0.493 e. The van der Waals surface area contributed by atoms with E-state index in [0.29, 0.717) is 23.5 Å². The Labute approximate surface area is 155 Å². The number of para-hydroxylation sites is 3. The first-order chi connectivity index (χ1) is 12.8. The number of hydrogen-bond acceptors (Lipinski definition) is 6. The first-order valence-corrected chi connectivity index (χ1v) is 9.33. The minimum absolute atomic E-state index is 0.460. The Morgan fingerprint density at radius 3 is 2.73 bits per heavy atom. The molecule has 0 aliphatic heterocycles. The van der Waals surface area contributed by atoms with Crippen LogP contribution in [-0.2, 0) is 12.8 Å². The van der Waals surface area contributed by atoms with Crippen molar-refractivity contribution in [2.75, 3.05) is 6.61 Å². The Morgan fingerprint density at radius 2 is 1.88 bits per heavy atom. The SMILES string of the molecule is CCOc1ccccc1-c1nnc(SCc2nc3ccccc3n2C)o1. The first kappa shape index (κ1) is 16.7. The van der Waals surface area contributed by atoms with Gasteiger partial charge in [0.25, 0.3) is 11.1 Å². The molecule has 0 atom stereocenters. The Balaban J connectivity index is 1.53.